The number of nitrogens with one attached hydrogen (secondary N) is 1. The Bertz CT molecular complexity index is 809. The Labute approximate surface area is 146 Å². The lowest BCUT2D eigenvalue weighted by atomic mass is 9.95. The Morgan fingerprint density at radius 3 is 3.16 bits per heavy atom. The number of amides is 1. The Morgan fingerprint density at radius 2 is 2.28 bits per heavy atom. The van der Waals surface area contributed by atoms with Crippen LogP contribution < -0.4 is 5.32 Å². The number of carbonyl (C=O) groups is 1. The van der Waals surface area contributed by atoms with E-state index in [1.807, 2.05) is 0 Å². The van der Waals surface area contributed by atoms with Gasteiger partial charge in [0.2, 0.25) is 0 Å². The molecular formula is C20H22N2O3. The monoisotopic (exact) mass is 338 g/mol. The molecule has 2 fully saturated rings. The normalized spacial score (nSPS) is 29.8. The van der Waals surface area contributed by atoms with Crippen LogP contribution in [0.5, 0.6) is 0 Å². The topological polar surface area (TPSA) is 64.4 Å². The van der Waals surface area contributed by atoms with Gasteiger partial charge in [0.25, 0.3) is 5.91 Å². The molecule has 2 heterocycles. The molecule has 1 saturated carbocycles. The molecule has 1 aromatic carbocycles. The maximum absolute atomic E-state index is 12.6. The molecule has 2 aliphatic carbocycles. The third-order valence-electron chi connectivity index (χ3n) is 6.17. The molecular weight excluding hydrogens is 316 g/mol. The highest BCUT2D eigenvalue weighted by atomic mass is 16.5. The van der Waals surface area contributed by atoms with Gasteiger partial charge in [-0.25, -0.2) is 4.98 Å². The molecule has 3 aliphatic rings. The van der Waals surface area contributed by atoms with E-state index in [-0.39, 0.29) is 12.0 Å². The van der Waals surface area contributed by atoms with E-state index in [9.17, 15) is 4.79 Å². The number of carbonyl (C=O) groups excluding carboxylic acids is 1. The van der Waals surface area contributed by atoms with E-state index in [4.69, 9.17) is 9.15 Å². The summed E-state index contributed by atoms with van der Waals surface area (Å²) in [6.07, 6.45) is 6.64. The average Bonchev–Trinajstić information content (AvgIpc) is 3.08. The summed E-state index contributed by atoms with van der Waals surface area (Å²) >= 11 is 0. The lowest BCUT2D eigenvalue weighted by molar-refractivity contribution is 0.0860. The van der Waals surface area contributed by atoms with Crippen molar-refractivity contribution in [2.45, 2.75) is 43.6 Å². The van der Waals surface area contributed by atoms with Crippen molar-refractivity contribution in [2.24, 2.45) is 5.92 Å². The summed E-state index contributed by atoms with van der Waals surface area (Å²) in [5, 5.41) is 3.08. The van der Waals surface area contributed by atoms with Gasteiger partial charge in [0.05, 0.1) is 0 Å². The molecule has 1 spiro atoms. The molecule has 1 N–H and O–H groups in total. The van der Waals surface area contributed by atoms with E-state index in [2.05, 4.69) is 34.6 Å². The van der Waals surface area contributed by atoms with Gasteiger partial charge in [-0.15, -0.1) is 0 Å². The SMILES string of the molecule is O=C(NC[C@@H]1C[C@]12CCc1ccccc12)c1ncoc1[C@@H]1CCCO1. The Balaban J connectivity index is 1.25. The average molecular weight is 338 g/mol. The van der Waals surface area contributed by atoms with E-state index in [0.717, 1.165) is 25.9 Å². The van der Waals surface area contributed by atoms with E-state index >= 15 is 0 Å². The molecule has 1 amide bonds. The minimum Gasteiger partial charge on any atom is -0.445 e. The van der Waals surface area contributed by atoms with Crippen LogP contribution in [0.1, 0.15) is 59.2 Å². The molecule has 2 aromatic rings. The van der Waals surface area contributed by atoms with E-state index in [0.29, 0.717) is 29.3 Å². The number of fused-ring (bicyclic) bond motifs is 2. The summed E-state index contributed by atoms with van der Waals surface area (Å²) in [6, 6.07) is 8.75. The van der Waals surface area contributed by atoms with Crippen molar-refractivity contribution in [3.63, 3.8) is 0 Å². The molecule has 3 atom stereocenters. The Kier molecular flexibility index (Phi) is 3.45. The van der Waals surface area contributed by atoms with Gasteiger partial charge in [0.1, 0.15) is 6.10 Å². The molecule has 0 radical (unpaired) electrons. The quantitative estimate of drug-likeness (QED) is 0.930. The van der Waals surface area contributed by atoms with Crippen molar-refractivity contribution < 1.29 is 13.9 Å². The number of aryl methyl sites for hydroxylation is 1. The molecule has 1 saturated heterocycles. The van der Waals surface area contributed by atoms with Crippen LogP contribution in [-0.2, 0) is 16.6 Å². The molecule has 130 valence electrons. The Hall–Kier alpha value is -2.14. The van der Waals surface area contributed by atoms with Gasteiger partial charge in [-0.3, -0.25) is 4.79 Å². The smallest absolute Gasteiger partial charge is 0.273 e. The number of hydrogen-bond acceptors (Lipinski definition) is 4. The number of aromatic nitrogens is 1. The second-order valence-electron chi connectivity index (χ2n) is 7.49. The first-order chi connectivity index (χ1) is 12.3. The lowest BCUT2D eigenvalue weighted by Gasteiger charge is -2.12. The number of hydrogen-bond donors (Lipinski definition) is 1. The third-order valence-corrected chi connectivity index (χ3v) is 6.17. The van der Waals surface area contributed by atoms with Gasteiger partial charge in [-0.05, 0) is 49.1 Å². The van der Waals surface area contributed by atoms with Gasteiger partial charge < -0.3 is 14.5 Å². The van der Waals surface area contributed by atoms with Crippen molar-refractivity contribution in [2.75, 3.05) is 13.2 Å². The molecule has 1 aliphatic heterocycles. The van der Waals surface area contributed by atoms with Crippen LogP contribution in [-0.4, -0.2) is 24.0 Å². The van der Waals surface area contributed by atoms with Crippen LogP contribution in [0.15, 0.2) is 35.1 Å². The molecule has 1 aromatic heterocycles. The maximum atomic E-state index is 12.6. The Morgan fingerprint density at radius 1 is 1.36 bits per heavy atom. The summed E-state index contributed by atoms with van der Waals surface area (Å²) in [5.41, 5.74) is 3.66. The van der Waals surface area contributed by atoms with E-state index < -0.39 is 0 Å². The largest absolute Gasteiger partial charge is 0.445 e. The number of oxazole rings is 1. The van der Waals surface area contributed by atoms with Crippen LogP contribution >= 0.6 is 0 Å². The van der Waals surface area contributed by atoms with Gasteiger partial charge in [0, 0.05) is 18.6 Å². The summed E-state index contributed by atoms with van der Waals surface area (Å²) in [4.78, 5) is 16.7. The number of nitrogens with zero attached hydrogens (tertiary/aromatic N) is 1. The van der Waals surface area contributed by atoms with Crippen LogP contribution in [0.25, 0.3) is 0 Å². The second kappa shape index (κ2) is 5.70. The first kappa shape index (κ1) is 15.1. The van der Waals surface area contributed by atoms with Gasteiger partial charge in [-0.2, -0.15) is 0 Å². The molecule has 5 rings (SSSR count). The van der Waals surface area contributed by atoms with Crippen molar-refractivity contribution in [3.8, 4) is 0 Å². The highest BCUT2D eigenvalue weighted by Gasteiger charge is 2.57. The van der Waals surface area contributed by atoms with Gasteiger partial charge >= 0.3 is 0 Å². The van der Waals surface area contributed by atoms with Crippen molar-refractivity contribution in [1.82, 2.24) is 10.3 Å². The van der Waals surface area contributed by atoms with Crippen LogP contribution in [0.4, 0.5) is 0 Å². The fourth-order valence-electron chi connectivity index (χ4n) is 4.74. The predicted octanol–water partition coefficient (Wildman–Crippen LogP) is 3.16. The van der Waals surface area contributed by atoms with Crippen molar-refractivity contribution >= 4 is 5.91 Å². The number of benzene rings is 1. The molecule has 5 heteroatoms. The summed E-state index contributed by atoms with van der Waals surface area (Å²) in [5.74, 6) is 0.956. The summed E-state index contributed by atoms with van der Waals surface area (Å²) in [6.45, 7) is 1.42. The molecule has 5 nitrogen and oxygen atoms in total. The minimum atomic E-state index is -0.146. The minimum absolute atomic E-state index is 0.128. The lowest BCUT2D eigenvalue weighted by Crippen LogP contribution is -2.28. The van der Waals surface area contributed by atoms with E-state index in [1.165, 1.54) is 30.4 Å². The zero-order valence-corrected chi connectivity index (χ0v) is 14.2. The number of ether oxygens (including phenoxy) is 1. The maximum Gasteiger partial charge on any atom is 0.273 e. The second-order valence-corrected chi connectivity index (χ2v) is 7.49. The zero-order valence-electron chi connectivity index (χ0n) is 14.2. The van der Waals surface area contributed by atoms with Crippen molar-refractivity contribution in [3.05, 3.63) is 53.2 Å². The summed E-state index contributed by atoms with van der Waals surface area (Å²) in [7, 11) is 0. The molecule has 0 bridgehead atoms. The van der Waals surface area contributed by atoms with Gasteiger partial charge in [-0.1, -0.05) is 24.3 Å². The fraction of sp³-hybridized carbons (Fsp3) is 0.500. The third kappa shape index (κ3) is 2.41. The number of rotatable bonds is 4. The van der Waals surface area contributed by atoms with Crippen LogP contribution in [0.2, 0.25) is 0 Å². The first-order valence-electron chi connectivity index (χ1n) is 9.19. The van der Waals surface area contributed by atoms with Crippen LogP contribution in [0.3, 0.4) is 0 Å². The first-order valence-corrected chi connectivity index (χ1v) is 9.19. The highest BCUT2D eigenvalue weighted by molar-refractivity contribution is 5.93. The van der Waals surface area contributed by atoms with Crippen molar-refractivity contribution in [1.29, 1.82) is 0 Å². The van der Waals surface area contributed by atoms with Gasteiger partial charge in [0.15, 0.2) is 17.8 Å². The summed E-state index contributed by atoms with van der Waals surface area (Å²) < 4.78 is 11.1. The highest BCUT2D eigenvalue weighted by Crippen LogP contribution is 2.61. The molecule has 0 unspecified atom stereocenters. The predicted molar refractivity (Wildman–Crippen MR) is 91.3 cm³/mol. The zero-order chi connectivity index (χ0) is 16.9. The van der Waals surface area contributed by atoms with Crippen LogP contribution in [0, 0.1) is 5.92 Å². The standard InChI is InChI=1S/C20H22N2O3/c23-19(17-18(25-12-22-17)16-6-3-9-24-16)21-11-14-10-20(14)8-7-13-4-1-2-5-15(13)20/h1-2,4-5,12,14,16H,3,6-11H2,(H,21,23)/t14-,16-,20+/m0/s1. The van der Waals surface area contributed by atoms with E-state index in [1.54, 1.807) is 0 Å². The molecule has 25 heavy (non-hydrogen) atoms. The fourth-order valence-corrected chi connectivity index (χ4v) is 4.74.